The van der Waals surface area contributed by atoms with Crippen LogP contribution in [0.15, 0.2) is 24.3 Å². The average Bonchev–Trinajstić information content (AvgIpc) is 2.61. The molecule has 0 spiro atoms. The maximum Gasteiger partial charge on any atom is 0.0343 e. The van der Waals surface area contributed by atoms with Crippen LogP contribution in [0.1, 0.15) is 80.1 Å². The van der Waals surface area contributed by atoms with Gasteiger partial charge < -0.3 is 10.6 Å². The van der Waals surface area contributed by atoms with Crippen molar-refractivity contribution < 1.29 is 0 Å². The van der Waals surface area contributed by atoms with Gasteiger partial charge in [-0.3, -0.25) is 0 Å². The van der Waals surface area contributed by atoms with E-state index in [9.17, 15) is 0 Å². The van der Waals surface area contributed by atoms with Crippen molar-refractivity contribution in [3.8, 4) is 0 Å². The van der Waals surface area contributed by atoms with Crippen molar-refractivity contribution in [1.29, 1.82) is 0 Å². The molecule has 2 N–H and O–H groups in total. The molecule has 0 unspecified atom stereocenters. The highest BCUT2D eigenvalue weighted by atomic mass is 14.9. The number of hydrogen-bond donors (Lipinski definition) is 2. The summed E-state index contributed by atoms with van der Waals surface area (Å²) < 4.78 is 0. The molecule has 0 heterocycles. The maximum absolute atomic E-state index is 3.70. The van der Waals surface area contributed by atoms with Crippen LogP contribution in [0.5, 0.6) is 0 Å². The maximum atomic E-state index is 3.70. The molecule has 0 aliphatic heterocycles. The summed E-state index contributed by atoms with van der Waals surface area (Å²) in [5.74, 6) is 1.57. The van der Waals surface area contributed by atoms with Gasteiger partial charge in [-0.05, 0) is 61.8 Å². The predicted molar refractivity (Wildman–Crippen MR) is 110 cm³/mol. The second-order valence-corrected chi connectivity index (χ2v) is 7.57. The van der Waals surface area contributed by atoms with Crippen molar-refractivity contribution in [2.24, 2.45) is 11.8 Å². The Morgan fingerprint density at radius 3 is 1.21 bits per heavy atom. The van der Waals surface area contributed by atoms with E-state index in [1.807, 2.05) is 0 Å². The van der Waals surface area contributed by atoms with Gasteiger partial charge in [-0.15, -0.1) is 0 Å². The minimum Gasteiger partial charge on any atom is -0.382 e. The van der Waals surface area contributed by atoms with Crippen LogP contribution in [-0.4, -0.2) is 12.1 Å². The summed E-state index contributed by atoms with van der Waals surface area (Å²) in [5, 5.41) is 7.40. The molecule has 0 radical (unpaired) electrons. The topological polar surface area (TPSA) is 24.1 Å². The Balaban J connectivity index is 2.57. The first-order valence-electron chi connectivity index (χ1n) is 10.1. The molecule has 24 heavy (non-hydrogen) atoms. The zero-order chi connectivity index (χ0) is 17.9. The van der Waals surface area contributed by atoms with E-state index in [1.165, 1.54) is 49.9 Å². The smallest absolute Gasteiger partial charge is 0.0343 e. The zero-order valence-corrected chi connectivity index (χ0v) is 16.9. The van der Waals surface area contributed by atoms with Gasteiger partial charge in [-0.1, -0.05) is 54.4 Å². The van der Waals surface area contributed by atoms with E-state index < -0.39 is 0 Å². The van der Waals surface area contributed by atoms with Crippen LogP contribution in [0.25, 0.3) is 0 Å². The highest BCUT2D eigenvalue weighted by Gasteiger charge is 2.12. The Hall–Kier alpha value is -1.18. The largest absolute Gasteiger partial charge is 0.382 e. The molecule has 1 rings (SSSR count). The molecular formula is C22H40N2. The number of anilines is 2. The number of nitrogens with one attached hydrogen (secondary N) is 2. The van der Waals surface area contributed by atoms with Gasteiger partial charge in [0.05, 0.1) is 0 Å². The first kappa shape index (κ1) is 20.9. The van der Waals surface area contributed by atoms with Crippen LogP contribution in [-0.2, 0) is 0 Å². The van der Waals surface area contributed by atoms with E-state index in [2.05, 4.69) is 76.4 Å². The van der Waals surface area contributed by atoms with Gasteiger partial charge >= 0.3 is 0 Å². The van der Waals surface area contributed by atoms with Gasteiger partial charge in [0.1, 0.15) is 0 Å². The highest BCUT2D eigenvalue weighted by Crippen LogP contribution is 2.21. The molecule has 1 aromatic carbocycles. The summed E-state index contributed by atoms with van der Waals surface area (Å²) >= 11 is 0. The molecule has 138 valence electrons. The van der Waals surface area contributed by atoms with Gasteiger partial charge in [0.2, 0.25) is 0 Å². The molecule has 2 heteroatoms. The van der Waals surface area contributed by atoms with Crippen LogP contribution in [0.4, 0.5) is 11.4 Å². The van der Waals surface area contributed by atoms with Gasteiger partial charge in [0.25, 0.3) is 0 Å². The van der Waals surface area contributed by atoms with E-state index in [4.69, 9.17) is 0 Å². The molecule has 0 aromatic heterocycles. The van der Waals surface area contributed by atoms with Crippen LogP contribution in [0, 0.1) is 11.8 Å². The summed E-state index contributed by atoms with van der Waals surface area (Å²) in [5.41, 5.74) is 2.48. The standard InChI is InChI=1S/C22H40N2/c1-7-17(5)15-19(9-3)23-21-11-13-22(14-12-21)24-20(10-4)16-18(6)8-2/h11-14,17-20,23-24H,7-10,15-16H2,1-6H3/t17-,18-,19-,20+/m0/s1. The quantitative estimate of drug-likeness (QED) is 0.433. The van der Waals surface area contributed by atoms with Crippen LogP contribution in [0.3, 0.4) is 0 Å². The molecule has 0 fully saturated rings. The van der Waals surface area contributed by atoms with Gasteiger partial charge in [-0.25, -0.2) is 0 Å². The Morgan fingerprint density at radius 2 is 0.958 bits per heavy atom. The molecular weight excluding hydrogens is 292 g/mol. The SMILES string of the molecule is CC[C@H](C)C[C@@H](CC)Nc1ccc(N[C@@H](CC)C[C@@H](C)CC)cc1. The van der Waals surface area contributed by atoms with E-state index >= 15 is 0 Å². The minimum atomic E-state index is 0.576. The second-order valence-electron chi connectivity index (χ2n) is 7.57. The lowest BCUT2D eigenvalue weighted by molar-refractivity contribution is 0.461. The molecule has 4 atom stereocenters. The third-order valence-corrected chi connectivity index (χ3v) is 5.38. The predicted octanol–water partition coefficient (Wildman–Crippen LogP) is 6.94. The molecule has 2 nitrogen and oxygen atoms in total. The number of rotatable bonds is 12. The Bertz CT molecular complexity index is 385. The second kappa shape index (κ2) is 11.4. The molecule has 0 aliphatic rings. The zero-order valence-electron chi connectivity index (χ0n) is 16.9. The molecule has 0 saturated carbocycles. The Morgan fingerprint density at radius 1 is 0.625 bits per heavy atom. The van der Waals surface area contributed by atoms with E-state index in [0.717, 1.165) is 11.8 Å². The lowest BCUT2D eigenvalue weighted by Gasteiger charge is -2.23. The molecule has 0 saturated heterocycles. The number of hydrogen-bond acceptors (Lipinski definition) is 2. The fraction of sp³-hybridized carbons (Fsp3) is 0.727. The van der Waals surface area contributed by atoms with Crippen molar-refractivity contribution >= 4 is 11.4 Å². The van der Waals surface area contributed by atoms with Crippen molar-refractivity contribution in [3.05, 3.63) is 24.3 Å². The van der Waals surface area contributed by atoms with Gasteiger partial charge in [0.15, 0.2) is 0 Å². The average molecular weight is 333 g/mol. The van der Waals surface area contributed by atoms with Gasteiger partial charge in [-0.2, -0.15) is 0 Å². The van der Waals surface area contributed by atoms with E-state index in [1.54, 1.807) is 0 Å². The Kier molecular flexibility index (Phi) is 9.90. The third-order valence-electron chi connectivity index (χ3n) is 5.38. The first-order valence-corrected chi connectivity index (χ1v) is 10.1. The summed E-state index contributed by atoms with van der Waals surface area (Å²) in [6.07, 6.45) is 7.37. The summed E-state index contributed by atoms with van der Waals surface area (Å²) in [6.45, 7) is 13.8. The van der Waals surface area contributed by atoms with E-state index in [-0.39, 0.29) is 0 Å². The molecule has 0 bridgehead atoms. The van der Waals surface area contributed by atoms with Crippen LogP contribution < -0.4 is 10.6 Å². The minimum absolute atomic E-state index is 0.576. The fourth-order valence-corrected chi connectivity index (χ4v) is 3.09. The molecule has 0 amide bonds. The van der Waals surface area contributed by atoms with Crippen molar-refractivity contribution in [1.82, 2.24) is 0 Å². The lowest BCUT2D eigenvalue weighted by Crippen LogP contribution is -2.22. The lowest BCUT2D eigenvalue weighted by atomic mass is 9.97. The Labute approximate surface area is 150 Å². The summed E-state index contributed by atoms with van der Waals surface area (Å²) in [7, 11) is 0. The van der Waals surface area contributed by atoms with Crippen LogP contribution in [0.2, 0.25) is 0 Å². The molecule has 0 aliphatic carbocycles. The van der Waals surface area contributed by atoms with Crippen molar-refractivity contribution in [2.75, 3.05) is 10.6 Å². The highest BCUT2D eigenvalue weighted by molar-refractivity contribution is 5.54. The first-order chi connectivity index (χ1) is 11.5. The van der Waals surface area contributed by atoms with E-state index in [0.29, 0.717) is 12.1 Å². The van der Waals surface area contributed by atoms with Crippen LogP contribution >= 0.6 is 0 Å². The third kappa shape index (κ3) is 7.59. The normalized spacial score (nSPS) is 16.2. The number of benzene rings is 1. The summed E-state index contributed by atoms with van der Waals surface area (Å²) in [4.78, 5) is 0. The van der Waals surface area contributed by atoms with Crippen molar-refractivity contribution in [3.63, 3.8) is 0 Å². The molecule has 1 aromatic rings. The monoisotopic (exact) mass is 332 g/mol. The summed E-state index contributed by atoms with van der Waals surface area (Å²) in [6, 6.07) is 10.0. The van der Waals surface area contributed by atoms with Crippen molar-refractivity contribution in [2.45, 2.75) is 92.2 Å². The van der Waals surface area contributed by atoms with Gasteiger partial charge in [0, 0.05) is 23.5 Å². The fourth-order valence-electron chi connectivity index (χ4n) is 3.09.